The first-order valence-electron chi connectivity index (χ1n) is 11.4. The van der Waals surface area contributed by atoms with Crippen LogP contribution in [0, 0.1) is 19.7 Å². The van der Waals surface area contributed by atoms with Crippen molar-refractivity contribution in [2.75, 3.05) is 46.5 Å². The van der Waals surface area contributed by atoms with E-state index in [1.165, 1.54) is 30.2 Å². The highest BCUT2D eigenvalue weighted by atomic mass is 19.1. The van der Waals surface area contributed by atoms with Gasteiger partial charge in [0, 0.05) is 43.0 Å². The zero-order chi connectivity index (χ0) is 25.3. The number of aromatic nitrogens is 1. The van der Waals surface area contributed by atoms with Crippen LogP contribution in [0.3, 0.4) is 0 Å². The van der Waals surface area contributed by atoms with E-state index in [-0.39, 0.29) is 28.9 Å². The second-order valence-corrected chi connectivity index (χ2v) is 8.58. The molecule has 10 heteroatoms. The van der Waals surface area contributed by atoms with Crippen LogP contribution >= 0.6 is 0 Å². The van der Waals surface area contributed by atoms with Crippen LogP contribution in [0.15, 0.2) is 29.8 Å². The number of carbonyl (C=O) groups is 3. The normalized spacial score (nSPS) is 20.5. The summed E-state index contributed by atoms with van der Waals surface area (Å²) in [6.07, 6.45) is 0. The summed E-state index contributed by atoms with van der Waals surface area (Å²) in [6.45, 7) is 6.38. The Labute approximate surface area is 202 Å². The van der Waals surface area contributed by atoms with Crippen LogP contribution in [0.2, 0.25) is 0 Å². The first-order valence-corrected chi connectivity index (χ1v) is 11.4. The van der Waals surface area contributed by atoms with E-state index >= 15 is 0 Å². The second-order valence-electron chi connectivity index (χ2n) is 8.58. The minimum absolute atomic E-state index is 0.106. The number of hydrogen-bond donors (Lipinski definition) is 2. The molecule has 3 heterocycles. The summed E-state index contributed by atoms with van der Waals surface area (Å²) in [4.78, 5) is 44.8. The van der Waals surface area contributed by atoms with Crippen molar-refractivity contribution in [3.63, 3.8) is 0 Å². The van der Waals surface area contributed by atoms with E-state index < -0.39 is 35.3 Å². The lowest BCUT2D eigenvalue weighted by atomic mass is 9.93. The Hall–Kier alpha value is -3.50. The third-order valence-corrected chi connectivity index (χ3v) is 6.56. The highest BCUT2D eigenvalue weighted by Gasteiger charge is 2.47. The number of morpholine rings is 1. The zero-order valence-electron chi connectivity index (χ0n) is 19.9. The molecule has 0 bridgehead atoms. The summed E-state index contributed by atoms with van der Waals surface area (Å²) < 4.78 is 25.1. The fourth-order valence-corrected chi connectivity index (χ4v) is 4.75. The van der Waals surface area contributed by atoms with Crippen molar-refractivity contribution in [1.29, 1.82) is 0 Å². The number of nitrogens with zero attached hydrogens (tertiary/aromatic N) is 2. The first-order chi connectivity index (χ1) is 16.8. The van der Waals surface area contributed by atoms with E-state index in [1.807, 2.05) is 0 Å². The van der Waals surface area contributed by atoms with E-state index in [4.69, 9.17) is 9.47 Å². The molecule has 2 aromatic rings. The third-order valence-electron chi connectivity index (χ3n) is 6.56. The average Bonchev–Trinajstić information content (AvgIpc) is 3.29. The van der Waals surface area contributed by atoms with Crippen molar-refractivity contribution < 1.29 is 33.4 Å². The quantitative estimate of drug-likeness (QED) is 0.280. The summed E-state index contributed by atoms with van der Waals surface area (Å²) in [5, 5.41) is 11.4. The molecule has 2 saturated heterocycles. The molecule has 1 amide bonds. The lowest BCUT2D eigenvalue weighted by molar-refractivity contribution is -0.140. The van der Waals surface area contributed by atoms with Gasteiger partial charge in [-0.05, 0) is 25.5 Å². The number of benzene rings is 1. The number of carbonyl (C=O) groups excluding carboxylic acids is 3. The molecule has 2 aliphatic rings. The van der Waals surface area contributed by atoms with Crippen molar-refractivity contribution >= 4 is 23.4 Å². The largest absolute Gasteiger partial charge is 0.507 e. The molecular weight excluding hydrogens is 457 g/mol. The fraction of sp³-hybridized carbons (Fsp3) is 0.400. The summed E-state index contributed by atoms with van der Waals surface area (Å²) >= 11 is 0. The van der Waals surface area contributed by atoms with Crippen LogP contribution in [-0.2, 0) is 19.1 Å². The fourth-order valence-electron chi connectivity index (χ4n) is 4.75. The molecule has 0 saturated carbocycles. The number of rotatable bonds is 6. The van der Waals surface area contributed by atoms with Gasteiger partial charge in [0.25, 0.3) is 11.7 Å². The number of aliphatic hydroxyl groups excluding tert-OH is 1. The van der Waals surface area contributed by atoms with E-state index in [1.54, 1.807) is 19.9 Å². The number of halogens is 1. The number of ketones is 1. The number of aliphatic hydroxyl groups is 1. The summed E-state index contributed by atoms with van der Waals surface area (Å²) in [5.41, 5.74) is 0.984. The van der Waals surface area contributed by atoms with Crippen molar-refractivity contribution in [3.05, 3.63) is 63.7 Å². The van der Waals surface area contributed by atoms with Gasteiger partial charge in [-0.2, -0.15) is 0 Å². The minimum Gasteiger partial charge on any atom is -0.507 e. The lowest BCUT2D eigenvalue weighted by Gasteiger charge is -2.31. The molecule has 1 aromatic carbocycles. The highest BCUT2D eigenvalue weighted by Crippen LogP contribution is 2.41. The van der Waals surface area contributed by atoms with E-state index in [0.717, 1.165) is 0 Å². The van der Waals surface area contributed by atoms with Crippen molar-refractivity contribution in [3.8, 4) is 0 Å². The molecule has 1 atom stereocenters. The van der Waals surface area contributed by atoms with Crippen LogP contribution in [0.4, 0.5) is 4.39 Å². The Balaban J connectivity index is 1.82. The Morgan fingerprint density at radius 1 is 1.20 bits per heavy atom. The number of likely N-dealkylation sites (tertiary alicyclic amines) is 1. The molecule has 2 fully saturated rings. The smallest absolute Gasteiger partial charge is 0.354 e. The molecule has 9 nitrogen and oxygen atoms in total. The van der Waals surface area contributed by atoms with Crippen molar-refractivity contribution in [2.45, 2.75) is 19.9 Å². The van der Waals surface area contributed by atoms with Gasteiger partial charge >= 0.3 is 5.97 Å². The Morgan fingerprint density at radius 2 is 1.89 bits per heavy atom. The van der Waals surface area contributed by atoms with E-state index in [2.05, 4.69) is 9.88 Å². The first kappa shape index (κ1) is 24.6. The highest BCUT2D eigenvalue weighted by molar-refractivity contribution is 6.46. The van der Waals surface area contributed by atoms with Gasteiger partial charge in [-0.1, -0.05) is 18.2 Å². The van der Waals surface area contributed by atoms with Crippen molar-refractivity contribution in [1.82, 2.24) is 14.8 Å². The van der Waals surface area contributed by atoms with E-state index in [0.29, 0.717) is 44.1 Å². The molecule has 2 aliphatic heterocycles. The lowest BCUT2D eigenvalue weighted by Crippen LogP contribution is -2.42. The van der Waals surface area contributed by atoms with Gasteiger partial charge in [0.2, 0.25) is 0 Å². The molecule has 35 heavy (non-hydrogen) atoms. The van der Waals surface area contributed by atoms with Crippen molar-refractivity contribution in [2.24, 2.45) is 0 Å². The second kappa shape index (κ2) is 10.0. The summed E-state index contributed by atoms with van der Waals surface area (Å²) in [6, 6.07) is 4.76. The number of ether oxygens (including phenoxy) is 2. The van der Waals surface area contributed by atoms with Gasteiger partial charge in [0.1, 0.15) is 17.3 Å². The molecule has 0 spiro atoms. The number of aryl methyl sites for hydroxylation is 1. The van der Waals surface area contributed by atoms with Crippen LogP contribution in [0.5, 0.6) is 0 Å². The topological polar surface area (TPSA) is 112 Å². The molecule has 0 radical (unpaired) electrons. The molecule has 2 N–H and O–H groups in total. The van der Waals surface area contributed by atoms with Gasteiger partial charge in [-0.3, -0.25) is 14.5 Å². The number of amides is 1. The Morgan fingerprint density at radius 3 is 2.54 bits per heavy atom. The maximum atomic E-state index is 15.0. The summed E-state index contributed by atoms with van der Waals surface area (Å²) in [7, 11) is 1.23. The number of hydrogen-bond acceptors (Lipinski definition) is 7. The van der Waals surface area contributed by atoms with Crippen LogP contribution < -0.4 is 0 Å². The van der Waals surface area contributed by atoms with Crippen LogP contribution in [0.25, 0.3) is 5.76 Å². The molecule has 186 valence electrons. The van der Waals surface area contributed by atoms with E-state index in [9.17, 15) is 23.9 Å². The van der Waals surface area contributed by atoms with Gasteiger partial charge < -0.3 is 24.5 Å². The molecule has 0 aliphatic carbocycles. The maximum Gasteiger partial charge on any atom is 0.354 e. The predicted molar refractivity (Wildman–Crippen MR) is 124 cm³/mol. The predicted octanol–water partition coefficient (Wildman–Crippen LogP) is 2.31. The van der Waals surface area contributed by atoms with Crippen LogP contribution in [-0.4, -0.2) is 84.1 Å². The average molecular weight is 486 g/mol. The molecular formula is C25H28FN3O6. The van der Waals surface area contributed by atoms with Gasteiger partial charge in [-0.15, -0.1) is 0 Å². The number of aromatic amines is 1. The number of esters is 1. The van der Waals surface area contributed by atoms with Crippen LogP contribution in [0.1, 0.15) is 38.9 Å². The van der Waals surface area contributed by atoms with Gasteiger partial charge in [0.05, 0.1) is 31.9 Å². The number of Topliss-reactive ketones (excluding diaryl/α,β-unsaturated/α-hetero) is 1. The maximum absolute atomic E-state index is 15.0. The number of methoxy groups -OCH3 is 1. The molecule has 4 rings (SSSR count). The number of H-pyrrole nitrogens is 1. The Bertz CT molecular complexity index is 1200. The summed E-state index contributed by atoms with van der Waals surface area (Å²) in [5.74, 6) is -3.42. The van der Waals surface area contributed by atoms with Gasteiger partial charge in [0.15, 0.2) is 0 Å². The standard InChI is InChI=1S/C25H28FN3O6/c1-14-18(15(2)27-20(14)25(33)34-3)22(30)19-21(16-6-4-5-7-17(16)26)29(24(32)23(19)31)9-8-28-10-12-35-13-11-28/h4-7,21,27,30H,8-13H2,1-3H3/b22-19+. The monoisotopic (exact) mass is 485 g/mol. The minimum atomic E-state index is -1.12. The SMILES string of the molecule is COC(=O)c1[nH]c(C)c(/C(O)=C2\C(=O)C(=O)N(CCN3CCOCC3)C2c2ccccc2F)c1C. The third kappa shape index (κ3) is 4.46. The van der Waals surface area contributed by atoms with Gasteiger partial charge in [-0.25, -0.2) is 9.18 Å². The zero-order valence-corrected chi connectivity index (χ0v) is 19.9. The molecule has 1 unspecified atom stereocenters. The Kier molecular flexibility index (Phi) is 7.04. The molecule has 1 aromatic heterocycles. The number of nitrogens with one attached hydrogen (secondary N) is 1.